The van der Waals surface area contributed by atoms with Gasteiger partial charge < -0.3 is 19.9 Å². The van der Waals surface area contributed by atoms with Crippen molar-refractivity contribution in [3.05, 3.63) is 17.7 Å². The Hall–Kier alpha value is -2.31. The number of pyridine rings is 1. The number of hydrogen-bond donors (Lipinski definition) is 2. The van der Waals surface area contributed by atoms with Gasteiger partial charge in [-0.2, -0.15) is 4.98 Å². The zero-order valence-corrected chi connectivity index (χ0v) is 12.7. The fourth-order valence-corrected chi connectivity index (χ4v) is 2.61. The zero-order valence-electron chi connectivity index (χ0n) is 12.7. The summed E-state index contributed by atoms with van der Waals surface area (Å²) in [5, 5.41) is 11.9. The second-order valence-electron chi connectivity index (χ2n) is 5.27. The molecule has 22 heavy (non-hydrogen) atoms. The lowest BCUT2D eigenvalue weighted by Crippen LogP contribution is -2.38. The molecule has 2 N–H and O–H groups in total. The monoisotopic (exact) mass is 308 g/mol. The summed E-state index contributed by atoms with van der Waals surface area (Å²) >= 11 is 0. The van der Waals surface area contributed by atoms with Crippen molar-refractivity contribution >= 4 is 11.9 Å². The number of carbonyl (C=O) groups excluding carboxylic acids is 1. The molecule has 2 rings (SSSR count). The Morgan fingerprint density at radius 2 is 1.86 bits per heavy atom. The van der Waals surface area contributed by atoms with Gasteiger partial charge in [-0.25, -0.2) is 0 Å². The van der Waals surface area contributed by atoms with Gasteiger partial charge >= 0.3 is 5.97 Å². The summed E-state index contributed by atoms with van der Waals surface area (Å²) in [7, 11) is 2.93. The van der Waals surface area contributed by atoms with Gasteiger partial charge in [-0.05, 0) is 31.7 Å². The van der Waals surface area contributed by atoms with Crippen LogP contribution in [0.2, 0.25) is 0 Å². The Morgan fingerprint density at radius 1 is 1.18 bits per heavy atom. The lowest BCUT2D eigenvalue weighted by molar-refractivity contribution is -0.142. The summed E-state index contributed by atoms with van der Waals surface area (Å²) in [5.74, 6) is -0.756. The summed E-state index contributed by atoms with van der Waals surface area (Å²) in [6, 6.07) is 3.18. The van der Waals surface area contributed by atoms with Gasteiger partial charge in [-0.15, -0.1) is 0 Å². The number of methoxy groups -OCH3 is 2. The lowest BCUT2D eigenvalue weighted by atomic mass is 9.86. The molecule has 1 fully saturated rings. The van der Waals surface area contributed by atoms with Gasteiger partial charge in [-0.1, -0.05) is 0 Å². The highest BCUT2D eigenvalue weighted by molar-refractivity contribution is 5.96. The molecule has 0 bridgehead atoms. The second-order valence-corrected chi connectivity index (χ2v) is 5.27. The van der Waals surface area contributed by atoms with E-state index in [0.29, 0.717) is 37.1 Å². The molecule has 120 valence electrons. The summed E-state index contributed by atoms with van der Waals surface area (Å²) in [4.78, 5) is 27.3. The van der Waals surface area contributed by atoms with E-state index in [1.807, 2.05) is 0 Å². The van der Waals surface area contributed by atoms with Crippen LogP contribution < -0.4 is 14.8 Å². The van der Waals surface area contributed by atoms with Crippen LogP contribution in [-0.4, -0.2) is 42.2 Å². The van der Waals surface area contributed by atoms with Gasteiger partial charge in [0.05, 0.1) is 20.1 Å². The molecule has 0 aromatic carbocycles. The van der Waals surface area contributed by atoms with E-state index in [0.717, 1.165) is 0 Å². The van der Waals surface area contributed by atoms with Crippen LogP contribution >= 0.6 is 0 Å². The van der Waals surface area contributed by atoms with Gasteiger partial charge in [0.2, 0.25) is 11.8 Å². The maximum Gasteiger partial charge on any atom is 0.306 e. The van der Waals surface area contributed by atoms with E-state index >= 15 is 0 Å². The second kappa shape index (κ2) is 7.11. The molecule has 1 heterocycles. The number of amides is 1. The molecule has 0 saturated heterocycles. The van der Waals surface area contributed by atoms with Crippen molar-refractivity contribution in [3.8, 4) is 11.8 Å². The predicted molar refractivity (Wildman–Crippen MR) is 78.2 cm³/mol. The molecule has 0 unspecified atom stereocenters. The topological polar surface area (TPSA) is 97.8 Å². The molecule has 7 heteroatoms. The van der Waals surface area contributed by atoms with E-state index < -0.39 is 5.97 Å². The lowest BCUT2D eigenvalue weighted by Gasteiger charge is -2.26. The summed E-state index contributed by atoms with van der Waals surface area (Å²) in [6.45, 7) is 0. The van der Waals surface area contributed by atoms with Crippen LogP contribution in [-0.2, 0) is 4.79 Å². The van der Waals surface area contributed by atoms with Crippen molar-refractivity contribution in [1.82, 2.24) is 10.3 Å². The Bertz CT molecular complexity index is 553. The van der Waals surface area contributed by atoms with Gasteiger partial charge in [0.1, 0.15) is 5.56 Å². The van der Waals surface area contributed by atoms with Crippen LogP contribution in [0, 0.1) is 5.92 Å². The molecule has 0 aliphatic heterocycles. The number of rotatable bonds is 5. The average Bonchev–Trinajstić information content (AvgIpc) is 2.54. The predicted octanol–water partition coefficient (Wildman–Crippen LogP) is 1.47. The third-order valence-corrected chi connectivity index (χ3v) is 3.89. The largest absolute Gasteiger partial charge is 0.481 e. The Balaban J connectivity index is 2.00. The van der Waals surface area contributed by atoms with E-state index in [2.05, 4.69) is 10.3 Å². The summed E-state index contributed by atoms with van der Waals surface area (Å²) < 4.78 is 10.1. The number of hydrogen-bond acceptors (Lipinski definition) is 5. The van der Waals surface area contributed by atoms with Crippen LogP contribution in [0.1, 0.15) is 36.0 Å². The SMILES string of the molecule is COc1ccc(C(=O)NC2CCC(C(=O)O)CC2)c(OC)n1. The normalized spacial score (nSPS) is 21.0. The fourth-order valence-electron chi connectivity index (χ4n) is 2.61. The van der Waals surface area contributed by atoms with Gasteiger partial charge in [0.25, 0.3) is 5.91 Å². The van der Waals surface area contributed by atoms with Gasteiger partial charge in [0, 0.05) is 12.1 Å². The van der Waals surface area contributed by atoms with Crippen molar-refractivity contribution in [3.63, 3.8) is 0 Å². The van der Waals surface area contributed by atoms with Crippen molar-refractivity contribution in [2.75, 3.05) is 14.2 Å². The molecule has 1 aromatic heterocycles. The number of nitrogens with zero attached hydrogens (tertiary/aromatic N) is 1. The highest BCUT2D eigenvalue weighted by Crippen LogP contribution is 2.25. The molecule has 1 saturated carbocycles. The first-order valence-corrected chi connectivity index (χ1v) is 7.17. The maximum atomic E-state index is 12.3. The first kappa shape index (κ1) is 16.1. The minimum Gasteiger partial charge on any atom is -0.481 e. The first-order chi connectivity index (χ1) is 10.5. The van der Waals surface area contributed by atoms with Crippen LogP contribution in [0.3, 0.4) is 0 Å². The standard InChI is InChI=1S/C15H20N2O5/c1-21-12-8-7-11(14(17-12)22-2)13(18)16-10-5-3-9(4-6-10)15(19)20/h7-10H,3-6H2,1-2H3,(H,16,18)(H,19,20). The molecular weight excluding hydrogens is 288 g/mol. The van der Waals surface area contributed by atoms with Crippen molar-refractivity contribution in [2.45, 2.75) is 31.7 Å². The van der Waals surface area contributed by atoms with Crippen LogP contribution in [0.5, 0.6) is 11.8 Å². The van der Waals surface area contributed by atoms with Crippen LogP contribution in [0.4, 0.5) is 0 Å². The average molecular weight is 308 g/mol. The fraction of sp³-hybridized carbons (Fsp3) is 0.533. The van der Waals surface area contributed by atoms with E-state index in [4.69, 9.17) is 14.6 Å². The Kier molecular flexibility index (Phi) is 5.19. The molecule has 0 atom stereocenters. The first-order valence-electron chi connectivity index (χ1n) is 7.17. The third-order valence-electron chi connectivity index (χ3n) is 3.89. The molecule has 7 nitrogen and oxygen atoms in total. The van der Waals surface area contributed by atoms with Gasteiger partial charge in [0.15, 0.2) is 0 Å². The maximum absolute atomic E-state index is 12.3. The van der Waals surface area contributed by atoms with E-state index in [9.17, 15) is 9.59 Å². The smallest absolute Gasteiger partial charge is 0.306 e. The molecular formula is C15H20N2O5. The number of carbonyl (C=O) groups is 2. The summed E-state index contributed by atoms with van der Waals surface area (Å²) in [6.07, 6.45) is 2.49. The zero-order chi connectivity index (χ0) is 16.1. The molecule has 0 radical (unpaired) electrons. The van der Waals surface area contributed by atoms with Gasteiger partial charge in [-0.3, -0.25) is 9.59 Å². The number of carboxylic acid groups (broad SMARTS) is 1. The highest BCUT2D eigenvalue weighted by atomic mass is 16.5. The molecule has 0 spiro atoms. The third kappa shape index (κ3) is 3.66. The Labute approximate surface area is 128 Å². The quantitative estimate of drug-likeness (QED) is 0.855. The minimum atomic E-state index is -0.759. The Morgan fingerprint density at radius 3 is 2.41 bits per heavy atom. The van der Waals surface area contributed by atoms with Crippen LogP contribution in [0.25, 0.3) is 0 Å². The van der Waals surface area contributed by atoms with Crippen molar-refractivity contribution < 1.29 is 24.2 Å². The van der Waals surface area contributed by atoms with Crippen molar-refractivity contribution in [2.24, 2.45) is 5.92 Å². The van der Waals surface area contributed by atoms with Crippen molar-refractivity contribution in [1.29, 1.82) is 0 Å². The van der Waals surface area contributed by atoms with E-state index in [-0.39, 0.29) is 23.7 Å². The van der Waals surface area contributed by atoms with Crippen LogP contribution in [0.15, 0.2) is 12.1 Å². The highest BCUT2D eigenvalue weighted by Gasteiger charge is 2.27. The number of nitrogens with one attached hydrogen (secondary N) is 1. The van der Waals surface area contributed by atoms with E-state index in [1.165, 1.54) is 14.2 Å². The molecule has 1 amide bonds. The number of ether oxygens (including phenoxy) is 2. The summed E-state index contributed by atoms with van der Waals surface area (Å²) in [5.41, 5.74) is 0.337. The number of aromatic nitrogens is 1. The minimum absolute atomic E-state index is 0.0186. The van der Waals surface area contributed by atoms with E-state index in [1.54, 1.807) is 12.1 Å². The molecule has 1 aliphatic rings. The molecule has 1 aromatic rings. The number of carboxylic acids is 1. The number of aliphatic carboxylic acids is 1. The molecule has 1 aliphatic carbocycles.